The van der Waals surface area contributed by atoms with Crippen LogP contribution in [-0.4, -0.2) is 17.3 Å². The molecule has 5 aliphatic rings. The highest BCUT2D eigenvalue weighted by molar-refractivity contribution is 8.00. The van der Waals surface area contributed by atoms with Crippen molar-refractivity contribution in [3.8, 4) is 0 Å². The molecule has 1 aromatic rings. The molecule has 4 aliphatic carbocycles. The maximum absolute atomic E-state index is 12.9. The van der Waals surface area contributed by atoms with Crippen LogP contribution in [-0.2, 0) is 9.59 Å². The van der Waals surface area contributed by atoms with Crippen LogP contribution >= 0.6 is 11.8 Å². The molecule has 1 aromatic carbocycles. The van der Waals surface area contributed by atoms with Gasteiger partial charge in [0.2, 0.25) is 11.8 Å². The molecule has 2 bridgehead atoms. The third-order valence-electron chi connectivity index (χ3n) is 6.47. The molecule has 1 aliphatic heterocycles. The average Bonchev–Trinajstić information content (AvgIpc) is 3.32. The number of amides is 2. The van der Waals surface area contributed by atoms with E-state index in [-0.39, 0.29) is 40.3 Å². The molecule has 2 amide bonds. The standard InChI is InChI=1S/C18H16F3NO2S/c19-18(20,21)25-9-3-1-8(2-4-9)22-16(23)14-10-5-6-11(13-7-12(10)13)15(14)17(22)24/h1-4,10-15H,5-7H2/t10-,11+,12-,13+,14-,15+. The van der Waals surface area contributed by atoms with E-state index in [9.17, 15) is 22.8 Å². The summed E-state index contributed by atoms with van der Waals surface area (Å²) in [4.78, 5) is 27.2. The van der Waals surface area contributed by atoms with Gasteiger partial charge in [-0.3, -0.25) is 14.5 Å². The number of nitrogens with zero attached hydrogens (tertiary/aromatic N) is 1. The Labute approximate surface area is 146 Å². The molecule has 25 heavy (non-hydrogen) atoms. The highest BCUT2D eigenvalue weighted by atomic mass is 32.2. The zero-order valence-corrected chi connectivity index (χ0v) is 14.0. The minimum atomic E-state index is -4.35. The molecule has 7 heteroatoms. The second-order valence-corrected chi connectivity index (χ2v) is 8.71. The Balaban J connectivity index is 1.43. The average molecular weight is 367 g/mol. The van der Waals surface area contributed by atoms with E-state index in [0.29, 0.717) is 29.4 Å². The Kier molecular flexibility index (Phi) is 3.16. The number of anilines is 1. The molecule has 6 atom stereocenters. The first kappa shape index (κ1) is 15.7. The number of halogens is 3. The molecule has 1 saturated heterocycles. The van der Waals surface area contributed by atoms with Crippen molar-refractivity contribution in [3.05, 3.63) is 24.3 Å². The minimum absolute atomic E-state index is 0.0501. The Morgan fingerprint density at radius 1 is 0.880 bits per heavy atom. The fourth-order valence-electron chi connectivity index (χ4n) is 5.59. The van der Waals surface area contributed by atoms with Crippen LogP contribution in [0.25, 0.3) is 0 Å². The van der Waals surface area contributed by atoms with E-state index in [1.165, 1.54) is 29.2 Å². The van der Waals surface area contributed by atoms with Crippen molar-refractivity contribution in [1.29, 1.82) is 0 Å². The number of alkyl halides is 3. The van der Waals surface area contributed by atoms with Crippen LogP contribution in [0, 0.1) is 35.5 Å². The Morgan fingerprint density at radius 3 is 1.88 bits per heavy atom. The lowest BCUT2D eigenvalue weighted by molar-refractivity contribution is -0.129. The van der Waals surface area contributed by atoms with Crippen molar-refractivity contribution in [2.45, 2.75) is 29.7 Å². The van der Waals surface area contributed by atoms with Gasteiger partial charge in [-0.2, -0.15) is 13.2 Å². The Hall–Kier alpha value is -1.50. The number of fused-ring (bicyclic) bond motifs is 1. The van der Waals surface area contributed by atoms with Crippen LogP contribution in [0.4, 0.5) is 18.9 Å². The summed E-state index contributed by atoms with van der Waals surface area (Å²) in [5.41, 5.74) is -3.96. The molecule has 3 nitrogen and oxygen atoms in total. The third-order valence-corrected chi connectivity index (χ3v) is 7.21. The van der Waals surface area contributed by atoms with Crippen LogP contribution in [0.5, 0.6) is 0 Å². The monoisotopic (exact) mass is 367 g/mol. The predicted molar refractivity (Wildman–Crippen MR) is 85.6 cm³/mol. The SMILES string of the molecule is O=C1[C@@H]2[C@@H]3CC[C@@H]([C@@H]4C[C@@H]43)[C@@H]2C(=O)N1c1ccc(SC(F)(F)F)cc1. The van der Waals surface area contributed by atoms with Gasteiger partial charge in [-0.15, -0.1) is 0 Å². The molecule has 0 radical (unpaired) electrons. The molecule has 0 unspecified atom stereocenters. The van der Waals surface area contributed by atoms with E-state index in [1.54, 1.807) is 0 Å². The van der Waals surface area contributed by atoms with Gasteiger partial charge < -0.3 is 0 Å². The lowest BCUT2D eigenvalue weighted by Gasteiger charge is -2.42. The summed E-state index contributed by atoms with van der Waals surface area (Å²) in [7, 11) is 0. The van der Waals surface area contributed by atoms with Crippen LogP contribution < -0.4 is 4.90 Å². The van der Waals surface area contributed by atoms with Gasteiger partial charge in [-0.05, 0) is 79.0 Å². The summed E-state index contributed by atoms with van der Waals surface area (Å²) in [6.45, 7) is 0. The fraction of sp³-hybridized carbons (Fsp3) is 0.556. The highest BCUT2D eigenvalue weighted by Gasteiger charge is 2.68. The molecule has 4 saturated carbocycles. The van der Waals surface area contributed by atoms with Crippen molar-refractivity contribution >= 4 is 29.3 Å². The maximum Gasteiger partial charge on any atom is 0.446 e. The topological polar surface area (TPSA) is 37.4 Å². The van der Waals surface area contributed by atoms with Gasteiger partial charge in [0.25, 0.3) is 0 Å². The van der Waals surface area contributed by atoms with Crippen molar-refractivity contribution < 1.29 is 22.8 Å². The molecule has 6 rings (SSSR count). The van der Waals surface area contributed by atoms with Gasteiger partial charge in [0.15, 0.2) is 0 Å². The number of hydrogen-bond acceptors (Lipinski definition) is 3. The lowest BCUT2D eigenvalue weighted by atomic mass is 9.59. The van der Waals surface area contributed by atoms with Gasteiger partial charge in [-0.1, -0.05) is 0 Å². The number of hydrogen-bond donors (Lipinski definition) is 0. The second-order valence-electron chi connectivity index (χ2n) is 7.57. The fourth-order valence-corrected chi connectivity index (χ4v) is 6.13. The van der Waals surface area contributed by atoms with Gasteiger partial charge in [0.05, 0.1) is 17.5 Å². The number of benzene rings is 1. The third kappa shape index (κ3) is 2.27. The van der Waals surface area contributed by atoms with E-state index in [1.807, 2.05) is 0 Å². The zero-order chi connectivity index (χ0) is 17.5. The van der Waals surface area contributed by atoms with Gasteiger partial charge in [0.1, 0.15) is 0 Å². The van der Waals surface area contributed by atoms with Crippen molar-refractivity contribution in [1.82, 2.24) is 0 Å². The lowest BCUT2D eigenvalue weighted by Crippen LogP contribution is -2.43. The van der Waals surface area contributed by atoms with Crippen LogP contribution in [0.15, 0.2) is 29.2 Å². The minimum Gasteiger partial charge on any atom is -0.274 e. The normalized spacial score (nSPS) is 38.8. The molecular weight excluding hydrogens is 351 g/mol. The van der Waals surface area contributed by atoms with E-state index in [0.717, 1.165) is 19.3 Å². The van der Waals surface area contributed by atoms with E-state index >= 15 is 0 Å². The van der Waals surface area contributed by atoms with Crippen molar-refractivity contribution in [2.24, 2.45) is 35.5 Å². The summed E-state index contributed by atoms with van der Waals surface area (Å²) >= 11 is -0.198. The molecule has 0 N–H and O–H groups in total. The van der Waals surface area contributed by atoms with E-state index < -0.39 is 5.51 Å². The van der Waals surface area contributed by atoms with Gasteiger partial charge >= 0.3 is 5.51 Å². The number of rotatable bonds is 2. The quantitative estimate of drug-likeness (QED) is 0.584. The van der Waals surface area contributed by atoms with E-state index in [2.05, 4.69) is 0 Å². The van der Waals surface area contributed by atoms with E-state index in [4.69, 9.17) is 0 Å². The maximum atomic E-state index is 12.9. The van der Waals surface area contributed by atoms with Gasteiger partial charge in [-0.25, -0.2) is 0 Å². The summed E-state index contributed by atoms with van der Waals surface area (Å²) in [6.07, 6.45) is 3.22. The summed E-state index contributed by atoms with van der Waals surface area (Å²) < 4.78 is 37.3. The van der Waals surface area contributed by atoms with Gasteiger partial charge in [0, 0.05) is 4.90 Å². The Bertz CT molecular complexity index is 729. The Morgan fingerprint density at radius 2 is 1.40 bits per heavy atom. The van der Waals surface area contributed by atoms with Crippen LogP contribution in [0.2, 0.25) is 0 Å². The molecule has 132 valence electrons. The summed E-state index contributed by atoms with van der Waals surface area (Å²) in [5.74, 6) is 1.16. The first-order valence-corrected chi connectivity index (χ1v) is 9.40. The molecule has 5 fully saturated rings. The smallest absolute Gasteiger partial charge is 0.274 e. The molecular formula is C18H16F3NO2S. The zero-order valence-electron chi connectivity index (χ0n) is 13.2. The number of imide groups is 1. The second kappa shape index (κ2) is 5.02. The highest BCUT2D eigenvalue weighted by Crippen LogP contribution is 2.68. The summed E-state index contributed by atoms with van der Waals surface area (Å²) in [6, 6.07) is 5.54. The largest absolute Gasteiger partial charge is 0.446 e. The number of carbonyl (C=O) groups is 2. The predicted octanol–water partition coefficient (Wildman–Crippen LogP) is 4.08. The summed E-state index contributed by atoms with van der Waals surface area (Å²) in [5, 5.41) is 0. The number of thioether (sulfide) groups is 1. The molecule has 0 spiro atoms. The van der Waals surface area contributed by atoms with Crippen molar-refractivity contribution in [3.63, 3.8) is 0 Å². The molecule has 1 heterocycles. The van der Waals surface area contributed by atoms with Crippen molar-refractivity contribution in [2.75, 3.05) is 4.90 Å². The van der Waals surface area contributed by atoms with Crippen LogP contribution in [0.3, 0.4) is 0 Å². The molecule has 0 aromatic heterocycles. The first-order valence-electron chi connectivity index (χ1n) is 8.59. The number of carbonyl (C=O) groups excluding carboxylic acids is 2. The first-order chi connectivity index (χ1) is 11.8. The van der Waals surface area contributed by atoms with Crippen LogP contribution in [0.1, 0.15) is 19.3 Å².